The number of unbranched alkanes of at least 4 members (excludes halogenated alkanes) is 2. The zero-order chi connectivity index (χ0) is 31.5. The van der Waals surface area contributed by atoms with Crippen LogP contribution in [0.3, 0.4) is 0 Å². The Morgan fingerprint density at radius 2 is 1.64 bits per heavy atom. The normalized spacial score (nSPS) is 19.1. The van der Waals surface area contributed by atoms with Crippen molar-refractivity contribution in [1.29, 1.82) is 0 Å². The minimum absolute atomic E-state index is 0.148. The fraction of sp³-hybridized carbons (Fsp3) is 0.364. The molecule has 11 nitrogen and oxygen atoms in total. The summed E-state index contributed by atoms with van der Waals surface area (Å²) in [7, 11) is 1.58. The van der Waals surface area contributed by atoms with Crippen molar-refractivity contribution in [2.75, 3.05) is 25.2 Å². The molecule has 3 aliphatic rings. The van der Waals surface area contributed by atoms with Gasteiger partial charge in [-0.15, -0.1) is 0 Å². The molecule has 0 unspecified atom stereocenters. The number of hydrogen-bond donors (Lipinski definition) is 1. The number of methoxy groups -OCH3 is 1. The summed E-state index contributed by atoms with van der Waals surface area (Å²) in [6.07, 6.45) is 3.91. The number of benzene rings is 2. The molecule has 230 valence electrons. The van der Waals surface area contributed by atoms with Gasteiger partial charge in [0.1, 0.15) is 5.75 Å². The number of fused-ring (bicyclic) bond motifs is 2. The first kappa shape index (κ1) is 30.7. The summed E-state index contributed by atoms with van der Waals surface area (Å²) in [5.41, 5.74) is 3.81. The lowest BCUT2D eigenvalue weighted by Gasteiger charge is -2.31. The van der Waals surface area contributed by atoms with Gasteiger partial charge in [0.15, 0.2) is 18.6 Å². The predicted octanol–water partition coefficient (Wildman–Crippen LogP) is 3.90. The van der Waals surface area contributed by atoms with Gasteiger partial charge in [0.25, 0.3) is 17.7 Å². The van der Waals surface area contributed by atoms with Gasteiger partial charge in [0.2, 0.25) is 0 Å². The maximum atomic E-state index is 13.8. The standard InChI is InChI=1S/C33H35N3O8/c1-20-15-26-27(16-21(20)2)36(33(42)44-19-24(37)7-5-4-6-14-34-29(38)12-13-30(34)39)32(41)28-17-23(18-35(28)31(26)40)22-8-10-25(43-3)11-9-22/h8-13,15-16,18,28,32,41H,4-7,14,17,19H2,1-3H3/t28-,32-/m0/s1. The topological polar surface area (TPSA) is 134 Å². The molecule has 0 bridgehead atoms. The number of aliphatic hydroxyl groups is 1. The lowest BCUT2D eigenvalue weighted by molar-refractivity contribution is -0.136. The van der Waals surface area contributed by atoms with E-state index in [1.54, 1.807) is 25.4 Å². The highest BCUT2D eigenvalue weighted by Gasteiger charge is 2.45. The van der Waals surface area contributed by atoms with Crippen molar-refractivity contribution < 1.29 is 38.6 Å². The van der Waals surface area contributed by atoms with E-state index in [9.17, 15) is 29.1 Å². The highest BCUT2D eigenvalue weighted by molar-refractivity contribution is 6.12. The second-order valence-electron chi connectivity index (χ2n) is 11.2. The highest BCUT2D eigenvalue weighted by Crippen LogP contribution is 2.40. The van der Waals surface area contributed by atoms with Gasteiger partial charge in [-0.05, 0) is 79.6 Å². The smallest absolute Gasteiger partial charge is 0.416 e. The molecule has 0 fully saturated rings. The molecule has 5 rings (SSSR count). The van der Waals surface area contributed by atoms with E-state index in [2.05, 4.69) is 0 Å². The van der Waals surface area contributed by atoms with Crippen LogP contribution in [0.1, 0.15) is 59.2 Å². The van der Waals surface area contributed by atoms with Crippen LogP contribution >= 0.6 is 0 Å². The fourth-order valence-electron chi connectivity index (χ4n) is 5.63. The van der Waals surface area contributed by atoms with Crippen molar-refractivity contribution in [2.24, 2.45) is 0 Å². The van der Waals surface area contributed by atoms with Gasteiger partial charge in [-0.3, -0.25) is 24.1 Å². The number of Topliss-reactive ketones (excluding diaryl/α,β-unsaturated/α-hetero) is 1. The molecular weight excluding hydrogens is 566 g/mol. The molecule has 0 radical (unpaired) electrons. The van der Waals surface area contributed by atoms with E-state index in [0.29, 0.717) is 31.4 Å². The summed E-state index contributed by atoms with van der Waals surface area (Å²) in [5, 5.41) is 11.6. The third-order valence-corrected chi connectivity index (χ3v) is 8.28. The molecule has 0 spiro atoms. The van der Waals surface area contributed by atoms with Crippen LogP contribution in [0.25, 0.3) is 5.57 Å². The second kappa shape index (κ2) is 12.8. The van der Waals surface area contributed by atoms with Crippen LogP contribution in [0.2, 0.25) is 0 Å². The lowest BCUT2D eigenvalue weighted by atomic mass is 10.0. The largest absolute Gasteiger partial charge is 0.497 e. The SMILES string of the molecule is COc1ccc(C2=CN3C(=O)c4cc(C)c(C)cc4N(C(=O)OCC(=O)CCCCCN4C(=O)C=CC4=O)[C@@H](O)[C@@H]3C2)cc1. The molecule has 3 heterocycles. The number of aliphatic hydroxyl groups excluding tert-OH is 1. The molecule has 2 aromatic rings. The van der Waals surface area contributed by atoms with E-state index >= 15 is 0 Å². The first-order valence-electron chi connectivity index (χ1n) is 14.6. The monoisotopic (exact) mass is 601 g/mol. The van der Waals surface area contributed by atoms with E-state index in [-0.39, 0.29) is 47.7 Å². The molecule has 2 aromatic carbocycles. The van der Waals surface area contributed by atoms with Crippen molar-refractivity contribution in [2.45, 2.75) is 58.2 Å². The van der Waals surface area contributed by atoms with Crippen molar-refractivity contribution in [3.63, 3.8) is 0 Å². The van der Waals surface area contributed by atoms with E-state index in [1.807, 2.05) is 38.1 Å². The Labute approximate surface area is 255 Å². The number of carbonyl (C=O) groups excluding carboxylic acids is 5. The maximum absolute atomic E-state index is 13.8. The molecule has 0 aliphatic carbocycles. The number of ether oxygens (including phenoxy) is 2. The fourth-order valence-corrected chi connectivity index (χ4v) is 5.63. The molecular formula is C33H35N3O8. The van der Waals surface area contributed by atoms with Crippen LogP contribution in [-0.4, -0.2) is 77.0 Å². The Balaban J connectivity index is 1.26. The zero-order valence-corrected chi connectivity index (χ0v) is 24.9. The number of anilines is 1. The van der Waals surface area contributed by atoms with Gasteiger partial charge >= 0.3 is 6.09 Å². The first-order valence-corrected chi connectivity index (χ1v) is 14.6. The summed E-state index contributed by atoms with van der Waals surface area (Å²) < 4.78 is 10.6. The van der Waals surface area contributed by atoms with Gasteiger partial charge in [-0.25, -0.2) is 9.69 Å². The third-order valence-electron chi connectivity index (χ3n) is 8.28. The molecule has 2 atom stereocenters. The van der Waals surface area contributed by atoms with E-state index in [0.717, 1.165) is 32.1 Å². The first-order chi connectivity index (χ1) is 21.1. The van der Waals surface area contributed by atoms with Crippen LogP contribution in [-0.2, 0) is 19.1 Å². The Morgan fingerprint density at radius 1 is 0.955 bits per heavy atom. The van der Waals surface area contributed by atoms with Gasteiger partial charge in [0, 0.05) is 31.3 Å². The second-order valence-corrected chi connectivity index (χ2v) is 11.2. The van der Waals surface area contributed by atoms with Crippen LogP contribution in [0.4, 0.5) is 10.5 Å². The summed E-state index contributed by atoms with van der Waals surface area (Å²) >= 11 is 0. The zero-order valence-electron chi connectivity index (χ0n) is 24.9. The number of amides is 4. The van der Waals surface area contributed by atoms with Crippen LogP contribution in [0, 0.1) is 13.8 Å². The minimum atomic E-state index is -1.44. The Morgan fingerprint density at radius 3 is 2.32 bits per heavy atom. The number of rotatable bonds is 10. The van der Waals surface area contributed by atoms with Crippen LogP contribution < -0.4 is 9.64 Å². The average molecular weight is 602 g/mol. The maximum Gasteiger partial charge on any atom is 0.416 e. The van der Waals surface area contributed by atoms with E-state index in [4.69, 9.17) is 9.47 Å². The molecule has 1 N–H and O–H groups in total. The van der Waals surface area contributed by atoms with Crippen molar-refractivity contribution >= 4 is 40.9 Å². The summed E-state index contributed by atoms with van der Waals surface area (Å²) in [5.74, 6) is -0.643. The number of hydrogen-bond acceptors (Lipinski definition) is 8. The van der Waals surface area contributed by atoms with Gasteiger partial charge in [-0.2, -0.15) is 0 Å². The molecule has 0 saturated carbocycles. The number of aryl methyl sites for hydroxylation is 2. The Hall–Kier alpha value is -4.77. The number of ketones is 1. The lowest BCUT2D eigenvalue weighted by Crippen LogP contribution is -2.50. The summed E-state index contributed by atoms with van der Waals surface area (Å²) in [6, 6.07) is 9.97. The van der Waals surface area contributed by atoms with Crippen LogP contribution in [0.5, 0.6) is 5.75 Å². The van der Waals surface area contributed by atoms with Crippen LogP contribution in [0.15, 0.2) is 54.8 Å². The average Bonchev–Trinajstić information content (AvgIpc) is 3.58. The van der Waals surface area contributed by atoms with Crippen molar-refractivity contribution in [3.8, 4) is 5.75 Å². The van der Waals surface area contributed by atoms with Crippen molar-refractivity contribution in [1.82, 2.24) is 9.80 Å². The number of carbonyl (C=O) groups is 5. The summed E-state index contributed by atoms with van der Waals surface area (Å²) in [4.78, 5) is 66.8. The molecule has 4 amide bonds. The molecule has 11 heteroatoms. The minimum Gasteiger partial charge on any atom is -0.497 e. The molecule has 3 aliphatic heterocycles. The van der Waals surface area contributed by atoms with Gasteiger partial charge in [-0.1, -0.05) is 18.6 Å². The Kier molecular flexibility index (Phi) is 8.96. The number of nitrogens with zero attached hydrogens (tertiary/aromatic N) is 3. The summed E-state index contributed by atoms with van der Waals surface area (Å²) in [6.45, 7) is 3.50. The highest BCUT2D eigenvalue weighted by atomic mass is 16.6. The molecule has 0 aromatic heterocycles. The number of imide groups is 1. The molecule has 44 heavy (non-hydrogen) atoms. The predicted molar refractivity (Wildman–Crippen MR) is 161 cm³/mol. The Bertz CT molecular complexity index is 1540. The third kappa shape index (κ3) is 6.14. The van der Waals surface area contributed by atoms with E-state index in [1.165, 1.54) is 17.1 Å². The quantitative estimate of drug-likeness (QED) is 0.320. The van der Waals surface area contributed by atoms with Gasteiger partial charge < -0.3 is 19.5 Å². The van der Waals surface area contributed by atoms with E-state index < -0.39 is 25.0 Å². The van der Waals surface area contributed by atoms with Crippen molar-refractivity contribution in [3.05, 3.63) is 77.0 Å². The van der Waals surface area contributed by atoms with Gasteiger partial charge in [0.05, 0.1) is 24.4 Å². The molecule has 0 saturated heterocycles.